The molecule has 4 rings (SSSR count). The Morgan fingerprint density at radius 2 is 1.79 bits per heavy atom. The normalized spacial score (nSPS) is 16.2. The van der Waals surface area contributed by atoms with E-state index in [1.807, 2.05) is 12.1 Å². The number of hydrogen-bond donors (Lipinski definition) is 3. The third kappa shape index (κ3) is 3.93. The van der Waals surface area contributed by atoms with E-state index in [2.05, 4.69) is 30.4 Å². The Kier molecular flexibility index (Phi) is 5.16. The van der Waals surface area contributed by atoms with E-state index in [4.69, 9.17) is 10.2 Å². The number of carbonyl (C=O) groups is 1. The fraction of sp³-hybridized carbons (Fsp3) is 0.292. The number of phenolic OH excluding ortho intramolecular Hbond substituents is 1. The van der Waals surface area contributed by atoms with Crippen LogP contribution in [0.3, 0.4) is 0 Å². The first-order valence-electron chi connectivity index (χ1n) is 9.72. The van der Waals surface area contributed by atoms with Crippen molar-refractivity contribution in [3.8, 4) is 5.75 Å². The van der Waals surface area contributed by atoms with Gasteiger partial charge in [-0.25, -0.2) is 0 Å². The molecule has 2 aromatic carbocycles. The van der Waals surface area contributed by atoms with E-state index in [9.17, 15) is 9.90 Å². The van der Waals surface area contributed by atoms with Gasteiger partial charge in [-0.1, -0.05) is 42.5 Å². The molecule has 0 saturated heterocycles. The molecular weight excluding hydrogens is 352 g/mol. The van der Waals surface area contributed by atoms with Gasteiger partial charge in [0.1, 0.15) is 11.5 Å². The summed E-state index contributed by atoms with van der Waals surface area (Å²) < 4.78 is 0. The molecule has 2 aliphatic rings. The fourth-order valence-electron chi connectivity index (χ4n) is 3.97. The minimum absolute atomic E-state index is 0.186. The predicted octanol–water partition coefficient (Wildman–Crippen LogP) is 3.56. The van der Waals surface area contributed by atoms with Gasteiger partial charge in [-0.15, -0.1) is 0 Å². The highest BCUT2D eigenvalue weighted by molar-refractivity contribution is 5.90. The van der Waals surface area contributed by atoms with Gasteiger partial charge in [0.05, 0.1) is 0 Å². The van der Waals surface area contributed by atoms with Gasteiger partial charge < -0.3 is 15.3 Å². The van der Waals surface area contributed by atoms with Gasteiger partial charge in [0.15, 0.2) is 6.29 Å². The molecule has 3 N–H and O–H groups in total. The summed E-state index contributed by atoms with van der Waals surface area (Å²) >= 11 is 0. The summed E-state index contributed by atoms with van der Waals surface area (Å²) in [5, 5.41) is 28.3. The third-order valence-electron chi connectivity index (χ3n) is 5.60. The first-order valence-corrected chi connectivity index (χ1v) is 9.72. The van der Waals surface area contributed by atoms with E-state index in [-0.39, 0.29) is 12.2 Å². The molecule has 0 bridgehead atoms. The zero-order valence-corrected chi connectivity index (χ0v) is 15.7. The standard InChI is InChI=1S/C24H24O4/c25-22-9-7-19-12-17(5-6-20(19)13-22)16-3-4-18(11-16)21-2-1-15(23(26)14-21)8-10-24(27)28/h1-3,5-6,11-12,14,24,26-28H,4,7-10,13H2. The molecule has 0 spiro atoms. The second-order valence-electron chi connectivity index (χ2n) is 7.59. The first-order chi connectivity index (χ1) is 13.5. The molecule has 0 saturated carbocycles. The highest BCUT2D eigenvalue weighted by Crippen LogP contribution is 2.35. The second kappa shape index (κ2) is 7.74. The number of carbonyl (C=O) groups excluding carboxylic acids is 1. The molecular formula is C24H24O4. The molecule has 0 aliphatic heterocycles. The molecule has 4 nitrogen and oxygen atoms in total. The van der Waals surface area contributed by atoms with Crippen molar-refractivity contribution < 1.29 is 20.1 Å². The number of Topliss-reactive ketones (excluding diaryl/α,β-unsaturated/α-hetero) is 1. The van der Waals surface area contributed by atoms with E-state index in [0.29, 0.717) is 30.6 Å². The van der Waals surface area contributed by atoms with E-state index >= 15 is 0 Å². The van der Waals surface area contributed by atoms with Crippen molar-refractivity contribution in [3.63, 3.8) is 0 Å². The monoisotopic (exact) mass is 376 g/mol. The number of aromatic hydroxyl groups is 1. The van der Waals surface area contributed by atoms with Crippen molar-refractivity contribution in [2.24, 2.45) is 0 Å². The summed E-state index contributed by atoms with van der Waals surface area (Å²) in [4.78, 5) is 11.6. The van der Waals surface area contributed by atoms with Gasteiger partial charge in [0.2, 0.25) is 0 Å². The molecule has 2 aromatic rings. The number of ketones is 1. The second-order valence-corrected chi connectivity index (χ2v) is 7.59. The minimum atomic E-state index is -1.36. The van der Waals surface area contributed by atoms with Crippen molar-refractivity contribution in [1.82, 2.24) is 0 Å². The van der Waals surface area contributed by atoms with E-state index in [1.54, 1.807) is 6.07 Å². The van der Waals surface area contributed by atoms with Crippen molar-refractivity contribution in [2.45, 2.75) is 44.8 Å². The fourth-order valence-corrected chi connectivity index (χ4v) is 3.97. The Morgan fingerprint density at radius 3 is 2.57 bits per heavy atom. The van der Waals surface area contributed by atoms with Crippen LogP contribution in [0, 0.1) is 0 Å². The van der Waals surface area contributed by atoms with Crippen LogP contribution in [0.25, 0.3) is 11.1 Å². The molecule has 0 heterocycles. The average Bonchev–Trinajstić information content (AvgIpc) is 3.16. The number of allylic oxidation sites excluding steroid dienone is 4. The Labute approximate surface area is 164 Å². The Bertz CT molecular complexity index is 982. The summed E-state index contributed by atoms with van der Waals surface area (Å²) in [6.07, 6.45) is 6.42. The summed E-state index contributed by atoms with van der Waals surface area (Å²) in [7, 11) is 0. The average molecular weight is 376 g/mol. The van der Waals surface area contributed by atoms with E-state index in [1.165, 1.54) is 16.7 Å². The van der Waals surface area contributed by atoms with E-state index in [0.717, 1.165) is 29.5 Å². The van der Waals surface area contributed by atoms with Crippen molar-refractivity contribution in [2.75, 3.05) is 0 Å². The Hall–Kier alpha value is -2.69. The number of benzene rings is 2. The number of aliphatic hydroxyl groups is 2. The zero-order valence-electron chi connectivity index (χ0n) is 15.7. The van der Waals surface area contributed by atoms with Crippen molar-refractivity contribution in [3.05, 3.63) is 76.4 Å². The van der Waals surface area contributed by atoms with Gasteiger partial charge >= 0.3 is 0 Å². The van der Waals surface area contributed by atoms with Crippen molar-refractivity contribution >= 4 is 16.9 Å². The van der Waals surface area contributed by atoms with Crippen LogP contribution in [0.15, 0.2) is 48.6 Å². The number of aryl methyl sites for hydroxylation is 2. The van der Waals surface area contributed by atoms with Crippen LogP contribution in [0.5, 0.6) is 5.75 Å². The maximum Gasteiger partial charge on any atom is 0.151 e. The van der Waals surface area contributed by atoms with Gasteiger partial charge in [0, 0.05) is 19.3 Å². The number of phenols is 1. The van der Waals surface area contributed by atoms with Crippen LogP contribution in [0.1, 0.15) is 47.1 Å². The number of rotatable bonds is 5. The SMILES string of the molecule is O=C1CCc2cc(C3=CCC(c4ccc(CCC(O)O)c(O)c4)=C3)ccc2C1. The zero-order chi connectivity index (χ0) is 19.7. The van der Waals surface area contributed by atoms with Crippen LogP contribution < -0.4 is 0 Å². The van der Waals surface area contributed by atoms with Crippen LogP contribution in [0.2, 0.25) is 0 Å². The van der Waals surface area contributed by atoms with Crippen LogP contribution >= 0.6 is 0 Å². The molecule has 0 atom stereocenters. The number of fused-ring (bicyclic) bond motifs is 1. The maximum atomic E-state index is 11.6. The molecule has 0 amide bonds. The summed E-state index contributed by atoms with van der Waals surface area (Å²) in [5.74, 6) is 0.505. The lowest BCUT2D eigenvalue weighted by Crippen LogP contribution is -2.13. The van der Waals surface area contributed by atoms with Crippen LogP contribution in [-0.2, 0) is 24.1 Å². The lowest BCUT2D eigenvalue weighted by Gasteiger charge is -2.16. The molecule has 0 unspecified atom stereocenters. The topological polar surface area (TPSA) is 77.8 Å². The summed E-state index contributed by atoms with van der Waals surface area (Å²) in [6.45, 7) is 0. The summed E-state index contributed by atoms with van der Waals surface area (Å²) in [6, 6.07) is 11.9. The smallest absolute Gasteiger partial charge is 0.151 e. The molecule has 4 heteroatoms. The van der Waals surface area contributed by atoms with E-state index < -0.39 is 6.29 Å². The largest absolute Gasteiger partial charge is 0.508 e. The van der Waals surface area contributed by atoms with Crippen LogP contribution in [0.4, 0.5) is 0 Å². The number of hydrogen-bond acceptors (Lipinski definition) is 4. The van der Waals surface area contributed by atoms with Crippen molar-refractivity contribution in [1.29, 1.82) is 0 Å². The molecule has 28 heavy (non-hydrogen) atoms. The Morgan fingerprint density at radius 1 is 0.964 bits per heavy atom. The molecule has 0 radical (unpaired) electrons. The predicted molar refractivity (Wildman–Crippen MR) is 109 cm³/mol. The van der Waals surface area contributed by atoms with Gasteiger partial charge in [-0.2, -0.15) is 0 Å². The third-order valence-corrected chi connectivity index (χ3v) is 5.60. The Balaban J connectivity index is 1.52. The number of aliphatic hydroxyl groups excluding tert-OH is 1. The van der Waals surface area contributed by atoms with Gasteiger partial charge in [0.25, 0.3) is 0 Å². The quantitative estimate of drug-likeness (QED) is 0.697. The van der Waals surface area contributed by atoms with Gasteiger partial charge in [-0.3, -0.25) is 4.79 Å². The molecule has 144 valence electrons. The van der Waals surface area contributed by atoms with Crippen LogP contribution in [-0.4, -0.2) is 27.4 Å². The highest BCUT2D eigenvalue weighted by Gasteiger charge is 2.18. The highest BCUT2D eigenvalue weighted by atomic mass is 16.5. The lowest BCUT2D eigenvalue weighted by atomic mass is 9.88. The molecule has 0 fully saturated rings. The van der Waals surface area contributed by atoms with Gasteiger partial charge in [-0.05, 0) is 64.3 Å². The maximum absolute atomic E-state index is 11.6. The lowest BCUT2D eigenvalue weighted by molar-refractivity contribution is -0.118. The summed E-state index contributed by atoms with van der Waals surface area (Å²) in [5.41, 5.74) is 7.59. The first kappa shape index (κ1) is 18.7. The molecule has 2 aliphatic carbocycles. The molecule has 0 aromatic heterocycles. The minimum Gasteiger partial charge on any atom is -0.508 e.